The average molecular weight is 380 g/mol. The number of nitrogens with one attached hydrogen (secondary N) is 1. The highest BCUT2D eigenvalue weighted by atomic mass is 16.5. The minimum Gasteiger partial charge on any atom is -0.492 e. The predicted molar refractivity (Wildman–Crippen MR) is 112 cm³/mol. The number of fused-ring (bicyclic) bond motifs is 1. The Morgan fingerprint density at radius 2 is 1.82 bits per heavy atom. The zero-order valence-corrected chi connectivity index (χ0v) is 16.9. The van der Waals surface area contributed by atoms with Crippen LogP contribution in [-0.4, -0.2) is 22.1 Å². The highest BCUT2D eigenvalue weighted by Gasteiger charge is 2.16. The molecule has 1 heterocycles. The minimum atomic E-state index is 0.0581. The van der Waals surface area contributed by atoms with Crippen LogP contribution in [0.25, 0.3) is 11.0 Å². The van der Waals surface area contributed by atoms with E-state index in [0.717, 1.165) is 35.4 Å². The van der Waals surface area contributed by atoms with Crippen LogP contribution in [0.1, 0.15) is 38.1 Å². The van der Waals surface area contributed by atoms with Crippen LogP contribution in [0.4, 0.5) is 0 Å². The van der Waals surface area contributed by atoms with Crippen molar-refractivity contribution in [2.45, 2.75) is 46.7 Å². The number of ether oxygens (including phenoxy) is 1. The smallest absolute Gasteiger partial charge is 0.223 e. The summed E-state index contributed by atoms with van der Waals surface area (Å²) in [6.45, 7) is 7.79. The summed E-state index contributed by atoms with van der Waals surface area (Å²) in [5, 5.41) is 3.05. The Kier molecular flexibility index (Phi) is 6.69. The summed E-state index contributed by atoms with van der Waals surface area (Å²) in [4.78, 5) is 17.1. The first-order valence-corrected chi connectivity index (χ1v) is 10.0. The Morgan fingerprint density at radius 1 is 1.11 bits per heavy atom. The van der Waals surface area contributed by atoms with Crippen molar-refractivity contribution < 1.29 is 9.53 Å². The number of carbonyl (C=O) groups excluding carboxylic acids is 1. The molecule has 5 nitrogen and oxygen atoms in total. The lowest BCUT2D eigenvalue weighted by molar-refractivity contribution is -0.125. The van der Waals surface area contributed by atoms with E-state index in [9.17, 15) is 4.79 Å². The molecular weight excluding hydrogens is 350 g/mol. The van der Waals surface area contributed by atoms with Crippen LogP contribution in [-0.2, 0) is 17.9 Å². The highest BCUT2D eigenvalue weighted by Crippen LogP contribution is 2.17. The van der Waals surface area contributed by atoms with Gasteiger partial charge in [0.25, 0.3) is 0 Å². The van der Waals surface area contributed by atoms with Crippen LogP contribution < -0.4 is 10.1 Å². The lowest BCUT2D eigenvalue weighted by Gasteiger charge is -2.14. The highest BCUT2D eigenvalue weighted by molar-refractivity contribution is 5.79. The molecule has 1 N–H and O–H groups in total. The Bertz CT molecular complexity index is 911. The van der Waals surface area contributed by atoms with Crippen molar-refractivity contribution in [2.75, 3.05) is 6.61 Å². The van der Waals surface area contributed by atoms with Crippen LogP contribution in [0.5, 0.6) is 5.75 Å². The molecule has 0 unspecified atom stereocenters. The fourth-order valence-corrected chi connectivity index (χ4v) is 3.37. The van der Waals surface area contributed by atoms with Gasteiger partial charge in [-0.25, -0.2) is 4.98 Å². The van der Waals surface area contributed by atoms with Crippen LogP contribution in [0, 0.1) is 12.8 Å². The van der Waals surface area contributed by atoms with Gasteiger partial charge in [0.1, 0.15) is 18.2 Å². The number of benzene rings is 2. The summed E-state index contributed by atoms with van der Waals surface area (Å²) in [6.07, 6.45) is 1.70. The van der Waals surface area contributed by atoms with E-state index in [2.05, 4.69) is 22.9 Å². The number of aryl methyl sites for hydroxylation is 1. The van der Waals surface area contributed by atoms with E-state index in [0.29, 0.717) is 19.7 Å². The van der Waals surface area contributed by atoms with Gasteiger partial charge >= 0.3 is 0 Å². The molecule has 1 aromatic heterocycles. The van der Waals surface area contributed by atoms with E-state index in [-0.39, 0.29) is 11.8 Å². The summed E-state index contributed by atoms with van der Waals surface area (Å²) >= 11 is 0. The maximum atomic E-state index is 12.4. The van der Waals surface area contributed by atoms with Crippen molar-refractivity contribution in [1.82, 2.24) is 14.9 Å². The molecule has 0 saturated carbocycles. The predicted octanol–water partition coefficient (Wildman–Crippen LogP) is 4.48. The number of rotatable bonds is 9. The molecule has 148 valence electrons. The summed E-state index contributed by atoms with van der Waals surface area (Å²) in [6, 6.07) is 16.1. The minimum absolute atomic E-state index is 0.0581. The SMILES string of the molecule is CCC(CC)C(=O)NCc1nc2ccccc2n1CCOc1ccc(C)cc1. The Balaban J connectivity index is 1.71. The van der Waals surface area contributed by atoms with Gasteiger partial charge in [0.05, 0.1) is 24.1 Å². The van der Waals surface area contributed by atoms with Gasteiger partial charge in [-0.3, -0.25) is 4.79 Å². The second kappa shape index (κ2) is 9.40. The Hall–Kier alpha value is -2.82. The number of aromatic nitrogens is 2. The van der Waals surface area contributed by atoms with Crippen molar-refractivity contribution >= 4 is 16.9 Å². The second-order valence-corrected chi connectivity index (χ2v) is 7.06. The van der Waals surface area contributed by atoms with Gasteiger partial charge in [0, 0.05) is 5.92 Å². The van der Waals surface area contributed by atoms with Gasteiger partial charge in [-0.05, 0) is 44.0 Å². The van der Waals surface area contributed by atoms with E-state index in [1.807, 2.05) is 56.3 Å². The molecular formula is C23H29N3O2. The quantitative estimate of drug-likeness (QED) is 0.596. The molecule has 3 aromatic rings. The van der Waals surface area contributed by atoms with Crippen LogP contribution in [0.2, 0.25) is 0 Å². The molecule has 0 aliphatic rings. The first kappa shape index (κ1) is 19.9. The molecule has 28 heavy (non-hydrogen) atoms. The van der Waals surface area contributed by atoms with Gasteiger partial charge in [-0.1, -0.05) is 43.7 Å². The summed E-state index contributed by atoms with van der Waals surface area (Å²) in [5.74, 6) is 1.87. The molecule has 0 spiro atoms. The van der Waals surface area contributed by atoms with Gasteiger partial charge in [0.15, 0.2) is 0 Å². The molecule has 1 amide bonds. The number of amides is 1. The molecule has 0 bridgehead atoms. The fraction of sp³-hybridized carbons (Fsp3) is 0.391. The number of imidazole rings is 1. The number of carbonyl (C=O) groups is 1. The van der Waals surface area contributed by atoms with Gasteiger partial charge in [-0.15, -0.1) is 0 Å². The van der Waals surface area contributed by atoms with Crippen LogP contribution in [0.15, 0.2) is 48.5 Å². The molecule has 0 aliphatic carbocycles. The Morgan fingerprint density at radius 3 is 2.54 bits per heavy atom. The molecule has 0 radical (unpaired) electrons. The maximum absolute atomic E-state index is 12.4. The van der Waals surface area contributed by atoms with Crippen molar-refractivity contribution in [3.8, 4) is 5.75 Å². The standard InChI is InChI=1S/C23H29N3O2/c1-4-18(5-2)23(27)24-16-22-25-20-8-6-7-9-21(20)26(22)14-15-28-19-12-10-17(3)11-13-19/h6-13,18H,4-5,14-16H2,1-3H3,(H,24,27). The lowest BCUT2D eigenvalue weighted by Crippen LogP contribution is -2.31. The van der Waals surface area contributed by atoms with Gasteiger partial charge in [-0.2, -0.15) is 0 Å². The molecule has 0 aliphatic heterocycles. The molecule has 3 rings (SSSR count). The molecule has 2 aromatic carbocycles. The zero-order valence-electron chi connectivity index (χ0n) is 16.9. The molecule has 5 heteroatoms. The van der Waals surface area contributed by atoms with E-state index >= 15 is 0 Å². The van der Waals surface area contributed by atoms with E-state index in [1.54, 1.807) is 0 Å². The largest absolute Gasteiger partial charge is 0.492 e. The lowest BCUT2D eigenvalue weighted by atomic mass is 10.0. The monoisotopic (exact) mass is 379 g/mol. The van der Waals surface area contributed by atoms with Crippen molar-refractivity contribution in [3.05, 3.63) is 59.9 Å². The summed E-state index contributed by atoms with van der Waals surface area (Å²) in [7, 11) is 0. The zero-order chi connectivity index (χ0) is 19.9. The van der Waals surface area contributed by atoms with Gasteiger partial charge < -0.3 is 14.6 Å². The third-order valence-corrected chi connectivity index (χ3v) is 5.12. The van der Waals surface area contributed by atoms with E-state index in [4.69, 9.17) is 9.72 Å². The average Bonchev–Trinajstić information content (AvgIpc) is 3.06. The van der Waals surface area contributed by atoms with Gasteiger partial charge in [0.2, 0.25) is 5.91 Å². The van der Waals surface area contributed by atoms with Crippen LogP contribution in [0.3, 0.4) is 0 Å². The van der Waals surface area contributed by atoms with Crippen LogP contribution >= 0.6 is 0 Å². The second-order valence-electron chi connectivity index (χ2n) is 7.06. The van der Waals surface area contributed by atoms with Crippen molar-refractivity contribution in [2.24, 2.45) is 5.92 Å². The first-order valence-electron chi connectivity index (χ1n) is 10.0. The molecule has 0 saturated heterocycles. The van der Waals surface area contributed by atoms with Crippen molar-refractivity contribution in [1.29, 1.82) is 0 Å². The maximum Gasteiger partial charge on any atom is 0.223 e. The number of hydrogen-bond acceptors (Lipinski definition) is 3. The third-order valence-electron chi connectivity index (χ3n) is 5.12. The molecule has 0 fully saturated rings. The number of para-hydroxylation sites is 2. The number of nitrogens with zero attached hydrogens (tertiary/aromatic N) is 2. The fourth-order valence-electron chi connectivity index (χ4n) is 3.37. The third kappa shape index (κ3) is 4.71. The van der Waals surface area contributed by atoms with E-state index in [1.165, 1.54) is 5.56 Å². The van der Waals surface area contributed by atoms with E-state index < -0.39 is 0 Å². The normalized spacial score (nSPS) is 11.1. The topological polar surface area (TPSA) is 56.2 Å². The summed E-state index contributed by atoms with van der Waals surface area (Å²) < 4.78 is 8.04. The first-order chi connectivity index (χ1) is 13.6. The number of hydrogen-bond donors (Lipinski definition) is 1. The van der Waals surface area contributed by atoms with Crippen molar-refractivity contribution in [3.63, 3.8) is 0 Å². The Labute approximate surface area is 166 Å². The summed E-state index contributed by atoms with van der Waals surface area (Å²) in [5.41, 5.74) is 3.20. The molecule has 0 atom stereocenters.